The van der Waals surface area contributed by atoms with Crippen molar-refractivity contribution < 1.29 is 0 Å². The van der Waals surface area contributed by atoms with Gasteiger partial charge in [0.25, 0.3) is 0 Å². The third-order valence-electron chi connectivity index (χ3n) is 3.52. The lowest BCUT2D eigenvalue weighted by molar-refractivity contribution is 0.277. The zero-order valence-electron chi connectivity index (χ0n) is 11.1. The second-order valence-corrected chi connectivity index (χ2v) is 5.05. The van der Waals surface area contributed by atoms with E-state index in [1.54, 1.807) is 0 Å². The first-order valence-electron chi connectivity index (χ1n) is 6.81. The molecule has 0 aliphatic carbocycles. The van der Waals surface area contributed by atoms with Gasteiger partial charge in [-0.05, 0) is 36.7 Å². The number of benzene rings is 1. The van der Waals surface area contributed by atoms with Gasteiger partial charge in [-0.15, -0.1) is 0 Å². The van der Waals surface area contributed by atoms with Crippen LogP contribution in [0.1, 0.15) is 42.9 Å². The van der Waals surface area contributed by atoms with E-state index in [2.05, 4.69) is 35.3 Å². The van der Waals surface area contributed by atoms with Gasteiger partial charge in [0.2, 0.25) is 0 Å². The molecule has 0 unspecified atom stereocenters. The zero-order valence-corrected chi connectivity index (χ0v) is 11.1. The van der Waals surface area contributed by atoms with Gasteiger partial charge < -0.3 is 5.32 Å². The number of fused-ring (bicyclic) bond motifs is 1. The minimum Gasteiger partial charge on any atom is -0.316 e. The summed E-state index contributed by atoms with van der Waals surface area (Å²) < 4.78 is 0. The third kappa shape index (κ3) is 3.30. The van der Waals surface area contributed by atoms with E-state index < -0.39 is 0 Å². The lowest BCUT2D eigenvalue weighted by Crippen LogP contribution is -2.17. The Morgan fingerprint density at radius 2 is 2.00 bits per heavy atom. The standard InChI is InChI=1S/C15H24N2/c1-3-4-5-8-17-11-14-7-6-13(10-16-2)9-15(14)12-17/h6-7,9,16H,3-5,8,10-12H2,1-2H3. The molecule has 1 aliphatic heterocycles. The van der Waals surface area contributed by atoms with Crippen LogP contribution in [0.25, 0.3) is 0 Å². The normalized spacial score (nSPS) is 15.2. The van der Waals surface area contributed by atoms with Crippen LogP contribution in [0.5, 0.6) is 0 Å². The van der Waals surface area contributed by atoms with Gasteiger partial charge in [-0.2, -0.15) is 0 Å². The number of hydrogen-bond acceptors (Lipinski definition) is 2. The van der Waals surface area contributed by atoms with Crippen LogP contribution in [0.4, 0.5) is 0 Å². The largest absolute Gasteiger partial charge is 0.316 e. The first-order chi connectivity index (χ1) is 8.33. The molecule has 0 saturated carbocycles. The molecule has 1 aromatic carbocycles. The van der Waals surface area contributed by atoms with Crippen molar-refractivity contribution in [2.75, 3.05) is 13.6 Å². The van der Waals surface area contributed by atoms with Gasteiger partial charge in [0.1, 0.15) is 0 Å². The van der Waals surface area contributed by atoms with Crippen LogP contribution < -0.4 is 5.32 Å². The summed E-state index contributed by atoms with van der Waals surface area (Å²) in [5, 5.41) is 3.21. The quantitative estimate of drug-likeness (QED) is 0.759. The summed E-state index contributed by atoms with van der Waals surface area (Å²) in [6.45, 7) is 6.80. The van der Waals surface area contributed by atoms with Crippen molar-refractivity contribution >= 4 is 0 Å². The van der Waals surface area contributed by atoms with Gasteiger partial charge in [-0.1, -0.05) is 38.0 Å². The van der Waals surface area contributed by atoms with Crippen molar-refractivity contribution in [3.8, 4) is 0 Å². The highest BCUT2D eigenvalue weighted by molar-refractivity contribution is 5.34. The summed E-state index contributed by atoms with van der Waals surface area (Å²) >= 11 is 0. The molecular weight excluding hydrogens is 208 g/mol. The lowest BCUT2D eigenvalue weighted by Gasteiger charge is -2.13. The fraction of sp³-hybridized carbons (Fsp3) is 0.600. The second-order valence-electron chi connectivity index (χ2n) is 5.05. The Labute approximate surface area is 105 Å². The molecule has 0 aromatic heterocycles. The van der Waals surface area contributed by atoms with E-state index in [0.29, 0.717) is 0 Å². The molecule has 17 heavy (non-hydrogen) atoms. The third-order valence-corrected chi connectivity index (χ3v) is 3.52. The topological polar surface area (TPSA) is 15.3 Å². The Morgan fingerprint density at radius 3 is 2.76 bits per heavy atom. The maximum Gasteiger partial charge on any atom is 0.0240 e. The van der Waals surface area contributed by atoms with Crippen molar-refractivity contribution in [1.29, 1.82) is 0 Å². The molecule has 0 spiro atoms. The predicted molar refractivity (Wildman–Crippen MR) is 72.8 cm³/mol. The molecule has 2 rings (SSSR count). The zero-order chi connectivity index (χ0) is 12.1. The molecule has 1 heterocycles. The van der Waals surface area contributed by atoms with E-state index in [0.717, 1.165) is 19.6 Å². The molecule has 0 radical (unpaired) electrons. The fourth-order valence-electron chi connectivity index (χ4n) is 2.58. The number of nitrogens with zero attached hydrogens (tertiary/aromatic N) is 1. The van der Waals surface area contributed by atoms with E-state index in [1.165, 1.54) is 42.5 Å². The van der Waals surface area contributed by atoms with Crippen molar-refractivity contribution in [2.24, 2.45) is 0 Å². The van der Waals surface area contributed by atoms with Crippen LogP contribution in [0, 0.1) is 0 Å². The summed E-state index contributed by atoms with van der Waals surface area (Å²) in [4.78, 5) is 2.57. The molecule has 0 amide bonds. The predicted octanol–water partition coefficient (Wildman–Crippen LogP) is 2.91. The van der Waals surface area contributed by atoms with E-state index in [1.807, 2.05) is 7.05 Å². The molecule has 2 heteroatoms. The summed E-state index contributed by atoms with van der Waals surface area (Å²) in [6, 6.07) is 6.93. The van der Waals surface area contributed by atoms with E-state index in [4.69, 9.17) is 0 Å². The number of hydrogen-bond donors (Lipinski definition) is 1. The molecule has 1 N–H and O–H groups in total. The van der Waals surface area contributed by atoms with Crippen LogP contribution in [0.3, 0.4) is 0 Å². The fourth-order valence-corrected chi connectivity index (χ4v) is 2.58. The summed E-state index contributed by atoms with van der Waals surface area (Å²) in [5.74, 6) is 0. The molecule has 2 nitrogen and oxygen atoms in total. The number of unbranched alkanes of at least 4 members (excludes halogenated alkanes) is 2. The molecule has 1 aromatic rings. The summed E-state index contributed by atoms with van der Waals surface area (Å²) in [5.41, 5.74) is 4.47. The van der Waals surface area contributed by atoms with Crippen molar-refractivity contribution in [3.05, 3.63) is 34.9 Å². The van der Waals surface area contributed by atoms with Crippen LogP contribution in [0.2, 0.25) is 0 Å². The molecule has 0 atom stereocenters. The lowest BCUT2D eigenvalue weighted by atomic mass is 10.1. The maximum absolute atomic E-state index is 3.21. The highest BCUT2D eigenvalue weighted by Crippen LogP contribution is 2.24. The first-order valence-corrected chi connectivity index (χ1v) is 6.81. The van der Waals surface area contributed by atoms with Gasteiger partial charge >= 0.3 is 0 Å². The second kappa shape index (κ2) is 6.18. The summed E-state index contributed by atoms with van der Waals surface area (Å²) in [7, 11) is 2.00. The molecule has 0 saturated heterocycles. The smallest absolute Gasteiger partial charge is 0.0240 e. The first kappa shape index (κ1) is 12.6. The van der Waals surface area contributed by atoms with Crippen LogP contribution >= 0.6 is 0 Å². The van der Waals surface area contributed by atoms with E-state index >= 15 is 0 Å². The highest BCUT2D eigenvalue weighted by Gasteiger charge is 2.18. The van der Waals surface area contributed by atoms with E-state index in [-0.39, 0.29) is 0 Å². The van der Waals surface area contributed by atoms with Gasteiger partial charge in [0, 0.05) is 19.6 Å². The molecule has 94 valence electrons. The Balaban J connectivity index is 1.92. The van der Waals surface area contributed by atoms with Gasteiger partial charge in [0.15, 0.2) is 0 Å². The Morgan fingerprint density at radius 1 is 1.18 bits per heavy atom. The Bertz CT molecular complexity index is 360. The van der Waals surface area contributed by atoms with Crippen LogP contribution in [-0.2, 0) is 19.6 Å². The molecular formula is C15H24N2. The minimum absolute atomic E-state index is 0.975. The van der Waals surface area contributed by atoms with Crippen molar-refractivity contribution in [2.45, 2.75) is 45.8 Å². The summed E-state index contributed by atoms with van der Waals surface area (Å²) in [6.07, 6.45) is 4.01. The molecule has 1 aliphatic rings. The minimum atomic E-state index is 0.975. The molecule has 0 bridgehead atoms. The van der Waals surface area contributed by atoms with Gasteiger partial charge in [0.05, 0.1) is 0 Å². The van der Waals surface area contributed by atoms with Gasteiger partial charge in [-0.3, -0.25) is 4.90 Å². The molecule has 0 fully saturated rings. The van der Waals surface area contributed by atoms with Crippen molar-refractivity contribution in [1.82, 2.24) is 10.2 Å². The Kier molecular flexibility index (Phi) is 4.57. The number of nitrogens with one attached hydrogen (secondary N) is 1. The van der Waals surface area contributed by atoms with Gasteiger partial charge in [-0.25, -0.2) is 0 Å². The SMILES string of the molecule is CCCCCN1Cc2ccc(CNC)cc2C1. The monoisotopic (exact) mass is 232 g/mol. The van der Waals surface area contributed by atoms with E-state index in [9.17, 15) is 0 Å². The Hall–Kier alpha value is -0.860. The highest BCUT2D eigenvalue weighted by atomic mass is 15.1. The maximum atomic E-state index is 3.21. The van der Waals surface area contributed by atoms with Crippen molar-refractivity contribution in [3.63, 3.8) is 0 Å². The van der Waals surface area contributed by atoms with Crippen LogP contribution in [-0.4, -0.2) is 18.5 Å². The number of rotatable bonds is 6. The average molecular weight is 232 g/mol. The van der Waals surface area contributed by atoms with Crippen LogP contribution in [0.15, 0.2) is 18.2 Å². The average Bonchev–Trinajstić information content (AvgIpc) is 2.72.